The molecule has 0 saturated carbocycles. The Balaban J connectivity index is 2.13. The van der Waals surface area contributed by atoms with E-state index in [1.165, 1.54) is 7.11 Å². The number of aliphatic hydroxyl groups excluding tert-OH is 1. The number of aromatic nitrogens is 2. The van der Waals surface area contributed by atoms with Gasteiger partial charge in [0, 0.05) is 30.6 Å². The highest BCUT2D eigenvalue weighted by Crippen LogP contribution is 2.34. The van der Waals surface area contributed by atoms with Gasteiger partial charge < -0.3 is 29.8 Å². The summed E-state index contributed by atoms with van der Waals surface area (Å²) in [5.74, 6) is -0.916. The topological polar surface area (TPSA) is 115 Å². The Kier molecular flexibility index (Phi) is 8.09. The first-order chi connectivity index (χ1) is 15.4. The molecule has 0 aliphatic carbocycles. The van der Waals surface area contributed by atoms with E-state index < -0.39 is 5.97 Å². The van der Waals surface area contributed by atoms with Gasteiger partial charge in [-0.25, -0.2) is 9.78 Å². The zero-order valence-corrected chi connectivity index (χ0v) is 19.3. The summed E-state index contributed by atoms with van der Waals surface area (Å²) in [5.41, 5.74) is 1.99. The highest BCUT2D eigenvalue weighted by Gasteiger charge is 2.29. The van der Waals surface area contributed by atoms with Gasteiger partial charge in [0.1, 0.15) is 5.65 Å². The lowest BCUT2D eigenvalue weighted by atomic mass is 10.1. The molecule has 176 valence electrons. The van der Waals surface area contributed by atoms with Crippen LogP contribution in [0.25, 0.3) is 11.0 Å². The molecule has 3 rings (SSSR count). The van der Waals surface area contributed by atoms with Crippen molar-refractivity contribution in [1.29, 1.82) is 0 Å². The minimum absolute atomic E-state index is 0.0312. The number of esters is 1. The molecule has 0 bridgehead atoms. The second-order valence-electron chi connectivity index (χ2n) is 8.41. The molecule has 9 nitrogen and oxygen atoms in total. The van der Waals surface area contributed by atoms with Gasteiger partial charge >= 0.3 is 5.97 Å². The molecule has 1 amide bonds. The number of fused-ring (bicyclic) bond motifs is 1. The summed E-state index contributed by atoms with van der Waals surface area (Å²) in [6.07, 6.45) is 4.80. The molecule has 0 aromatic carbocycles. The Labute approximate surface area is 188 Å². The summed E-state index contributed by atoms with van der Waals surface area (Å²) in [5, 5.41) is 16.1. The number of nitrogens with one attached hydrogen (secondary N) is 2. The highest BCUT2D eigenvalue weighted by atomic mass is 16.5. The smallest absolute Gasteiger partial charge is 0.356 e. The molecule has 9 heteroatoms. The average molecular weight is 447 g/mol. The molecule has 3 atom stereocenters. The number of hydrogen-bond donors (Lipinski definition) is 3. The Hall–Kier alpha value is -2.65. The number of carbonyl (C=O) groups is 2. The maximum Gasteiger partial charge on any atom is 0.356 e. The normalized spacial score (nSPS) is 17.8. The Bertz CT molecular complexity index is 952. The fourth-order valence-corrected chi connectivity index (χ4v) is 3.89. The van der Waals surface area contributed by atoms with Gasteiger partial charge in [0.25, 0.3) is 0 Å². The lowest BCUT2D eigenvalue weighted by molar-refractivity contribution is -0.119. The van der Waals surface area contributed by atoms with Gasteiger partial charge in [0.05, 0.1) is 37.3 Å². The van der Waals surface area contributed by atoms with Crippen molar-refractivity contribution in [3.8, 4) is 0 Å². The van der Waals surface area contributed by atoms with E-state index >= 15 is 0 Å². The maximum atomic E-state index is 12.9. The third-order valence-corrected chi connectivity index (χ3v) is 5.97. The third-order valence-electron chi connectivity index (χ3n) is 5.97. The first-order valence-electron chi connectivity index (χ1n) is 11.3. The van der Waals surface area contributed by atoms with Crippen molar-refractivity contribution in [2.45, 2.75) is 65.1 Å². The van der Waals surface area contributed by atoms with E-state index in [-0.39, 0.29) is 36.3 Å². The second kappa shape index (κ2) is 10.8. The minimum Gasteiger partial charge on any atom is -0.464 e. The summed E-state index contributed by atoms with van der Waals surface area (Å²) < 4.78 is 12.7. The summed E-state index contributed by atoms with van der Waals surface area (Å²) in [7, 11) is 1.33. The largest absolute Gasteiger partial charge is 0.464 e. The Morgan fingerprint density at radius 2 is 2.19 bits per heavy atom. The number of amides is 1. The van der Waals surface area contributed by atoms with Crippen molar-refractivity contribution >= 4 is 34.3 Å². The van der Waals surface area contributed by atoms with E-state index in [9.17, 15) is 14.7 Å². The van der Waals surface area contributed by atoms with Gasteiger partial charge in [-0.05, 0) is 38.7 Å². The zero-order valence-electron chi connectivity index (χ0n) is 19.3. The van der Waals surface area contributed by atoms with E-state index in [0.717, 1.165) is 18.5 Å². The Morgan fingerprint density at radius 3 is 2.81 bits per heavy atom. The molecule has 1 aliphatic heterocycles. The molecule has 3 N–H and O–H groups in total. The van der Waals surface area contributed by atoms with Gasteiger partial charge in [0.2, 0.25) is 5.91 Å². The predicted molar refractivity (Wildman–Crippen MR) is 123 cm³/mol. The van der Waals surface area contributed by atoms with Crippen molar-refractivity contribution in [2.24, 2.45) is 5.92 Å². The molecule has 0 radical (unpaired) electrons. The van der Waals surface area contributed by atoms with E-state index in [1.807, 2.05) is 26.8 Å². The SMILES string of the molecule is CC[C@@H](C)C(=O)Nc1c(C(=O)OC)n(C[C@@H]2CCCO2)c2ncc(N[C@H](C)CCO)cc12. The van der Waals surface area contributed by atoms with Gasteiger partial charge in [-0.15, -0.1) is 0 Å². The molecular weight excluding hydrogens is 412 g/mol. The van der Waals surface area contributed by atoms with Crippen LogP contribution >= 0.6 is 0 Å². The number of anilines is 2. The number of ether oxygens (including phenoxy) is 2. The third kappa shape index (κ3) is 5.21. The number of methoxy groups -OCH3 is 1. The molecule has 2 aromatic heterocycles. The van der Waals surface area contributed by atoms with Crippen molar-refractivity contribution in [3.05, 3.63) is 18.0 Å². The van der Waals surface area contributed by atoms with Crippen LogP contribution in [-0.4, -0.2) is 59.0 Å². The Morgan fingerprint density at radius 1 is 1.41 bits per heavy atom. The summed E-state index contributed by atoms with van der Waals surface area (Å²) >= 11 is 0. The molecule has 0 spiro atoms. The fourth-order valence-electron chi connectivity index (χ4n) is 3.89. The van der Waals surface area contributed by atoms with E-state index in [0.29, 0.717) is 42.7 Å². The number of pyridine rings is 1. The maximum absolute atomic E-state index is 12.9. The number of rotatable bonds is 10. The monoisotopic (exact) mass is 446 g/mol. The van der Waals surface area contributed by atoms with Crippen LogP contribution in [0.1, 0.15) is 56.9 Å². The van der Waals surface area contributed by atoms with Crippen LogP contribution in [0.2, 0.25) is 0 Å². The van der Waals surface area contributed by atoms with Crippen LogP contribution in [0.4, 0.5) is 11.4 Å². The van der Waals surface area contributed by atoms with Gasteiger partial charge in [0.15, 0.2) is 5.69 Å². The molecule has 0 unspecified atom stereocenters. The van der Waals surface area contributed by atoms with Gasteiger partial charge in [-0.1, -0.05) is 13.8 Å². The zero-order chi connectivity index (χ0) is 23.3. The standard InChI is InChI=1S/C23H34N4O5/c1-5-14(2)22(29)26-19-18-11-16(25-15(3)8-9-28)12-24-21(18)27(20(19)23(30)31-4)13-17-7-6-10-32-17/h11-12,14-15,17,25,28H,5-10,13H2,1-4H3,(H,26,29)/t14-,15-,17+/m1/s1. The number of hydrogen-bond acceptors (Lipinski definition) is 7. The van der Waals surface area contributed by atoms with Crippen molar-refractivity contribution in [3.63, 3.8) is 0 Å². The molecule has 2 aromatic rings. The average Bonchev–Trinajstić information content (AvgIpc) is 3.39. The first-order valence-corrected chi connectivity index (χ1v) is 11.3. The lowest BCUT2D eigenvalue weighted by Crippen LogP contribution is -2.23. The van der Waals surface area contributed by atoms with Gasteiger partial charge in [-0.2, -0.15) is 0 Å². The second-order valence-corrected chi connectivity index (χ2v) is 8.41. The van der Waals surface area contributed by atoms with Crippen molar-refractivity contribution in [1.82, 2.24) is 9.55 Å². The number of aliphatic hydroxyl groups is 1. The minimum atomic E-state index is -0.538. The summed E-state index contributed by atoms with van der Waals surface area (Å²) in [6, 6.07) is 1.91. The van der Waals surface area contributed by atoms with Gasteiger partial charge in [-0.3, -0.25) is 4.79 Å². The van der Waals surface area contributed by atoms with E-state index in [4.69, 9.17) is 9.47 Å². The van der Waals surface area contributed by atoms with E-state index in [2.05, 4.69) is 15.6 Å². The quantitative estimate of drug-likeness (QED) is 0.480. The van der Waals surface area contributed by atoms with Crippen molar-refractivity contribution in [2.75, 3.05) is 31.0 Å². The van der Waals surface area contributed by atoms with Crippen LogP contribution < -0.4 is 10.6 Å². The molecule has 32 heavy (non-hydrogen) atoms. The van der Waals surface area contributed by atoms with Crippen LogP contribution in [0, 0.1) is 5.92 Å². The predicted octanol–water partition coefficient (Wildman–Crippen LogP) is 3.17. The van der Waals surface area contributed by atoms with Crippen molar-refractivity contribution < 1.29 is 24.2 Å². The number of carbonyl (C=O) groups excluding carboxylic acids is 2. The van der Waals surface area contributed by atoms with Crippen LogP contribution in [0.5, 0.6) is 0 Å². The number of nitrogens with zero attached hydrogens (tertiary/aromatic N) is 2. The van der Waals surface area contributed by atoms with Crippen LogP contribution in [0.3, 0.4) is 0 Å². The summed E-state index contributed by atoms with van der Waals surface area (Å²) in [4.78, 5) is 30.3. The fraction of sp³-hybridized carbons (Fsp3) is 0.609. The highest BCUT2D eigenvalue weighted by molar-refractivity contribution is 6.11. The molecule has 1 fully saturated rings. The van der Waals surface area contributed by atoms with Crippen LogP contribution in [0.15, 0.2) is 12.3 Å². The molecule has 1 aliphatic rings. The van der Waals surface area contributed by atoms with E-state index in [1.54, 1.807) is 10.8 Å². The summed E-state index contributed by atoms with van der Waals surface area (Å²) in [6.45, 7) is 6.97. The molecular formula is C23H34N4O5. The van der Waals surface area contributed by atoms with Crippen LogP contribution in [-0.2, 0) is 20.8 Å². The lowest BCUT2D eigenvalue weighted by Gasteiger charge is -2.15. The molecule has 1 saturated heterocycles. The first kappa shape index (κ1) is 24.0. The molecule has 3 heterocycles.